The van der Waals surface area contributed by atoms with Crippen molar-refractivity contribution in [2.45, 2.75) is 39.7 Å². The second kappa shape index (κ2) is 8.54. The normalized spacial score (nSPS) is 19.0. The molecule has 1 saturated heterocycles. The molecule has 1 aromatic rings. The van der Waals surface area contributed by atoms with Crippen LogP contribution in [-0.2, 0) is 9.59 Å². The molecule has 2 rings (SSSR count). The molecule has 1 aromatic carbocycles. The van der Waals surface area contributed by atoms with Crippen LogP contribution in [0.25, 0.3) is 0 Å². The molecule has 1 heterocycles. The molecule has 144 valence electrons. The number of piperidine rings is 1. The lowest BCUT2D eigenvalue weighted by molar-refractivity contribution is -0.142. The van der Waals surface area contributed by atoms with Crippen molar-refractivity contribution in [2.75, 3.05) is 26.7 Å². The maximum absolute atomic E-state index is 12.5. The molecular formula is C20H30N2O4. The fourth-order valence-corrected chi connectivity index (χ4v) is 3.14. The molecule has 0 bridgehead atoms. The molecular weight excluding hydrogens is 332 g/mol. The van der Waals surface area contributed by atoms with Crippen molar-refractivity contribution in [1.29, 1.82) is 0 Å². The van der Waals surface area contributed by atoms with Gasteiger partial charge in [-0.2, -0.15) is 0 Å². The van der Waals surface area contributed by atoms with Gasteiger partial charge in [-0.25, -0.2) is 0 Å². The van der Waals surface area contributed by atoms with Crippen molar-refractivity contribution in [3.8, 4) is 5.75 Å². The molecule has 0 radical (unpaired) electrons. The number of aliphatic hydroxyl groups excluding tert-OH is 1. The van der Waals surface area contributed by atoms with Gasteiger partial charge in [0, 0.05) is 25.0 Å². The second-order valence-corrected chi connectivity index (χ2v) is 7.87. The Bertz CT molecular complexity index is 622. The van der Waals surface area contributed by atoms with Gasteiger partial charge >= 0.3 is 0 Å². The fourth-order valence-electron chi connectivity index (χ4n) is 3.14. The van der Waals surface area contributed by atoms with Gasteiger partial charge in [0.05, 0.1) is 19.1 Å². The number of methoxy groups -OCH3 is 1. The lowest BCUT2D eigenvalue weighted by Gasteiger charge is -2.36. The third-order valence-electron chi connectivity index (χ3n) is 4.69. The van der Waals surface area contributed by atoms with Crippen molar-refractivity contribution in [2.24, 2.45) is 11.3 Å². The molecule has 2 unspecified atom stereocenters. The average molecular weight is 362 g/mol. The van der Waals surface area contributed by atoms with Gasteiger partial charge in [0.15, 0.2) is 0 Å². The van der Waals surface area contributed by atoms with Crippen LogP contribution in [0, 0.1) is 11.3 Å². The zero-order valence-corrected chi connectivity index (χ0v) is 16.1. The number of benzene rings is 1. The van der Waals surface area contributed by atoms with E-state index in [1.54, 1.807) is 36.3 Å². The Morgan fingerprint density at radius 2 is 1.96 bits per heavy atom. The highest BCUT2D eigenvalue weighted by atomic mass is 16.5. The summed E-state index contributed by atoms with van der Waals surface area (Å²) >= 11 is 0. The Labute approximate surface area is 155 Å². The molecule has 0 saturated carbocycles. The number of carbonyl (C=O) groups excluding carboxylic acids is 2. The maximum atomic E-state index is 12.5. The van der Waals surface area contributed by atoms with Crippen LogP contribution in [0.3, 0.4) is 0 Å². The molecule has 0 aromatic heterocycles. The predicted octanol–water partition coefficient (Wildman–Crippen LogP) is 2.13. The average Bonchev–Trinajstić information content (AvgIpc) is 2.64. The van der Waals surface area contributed by atoms with E-state index in [-0.39, 0.29) is 24.3 Å². The van der Waals surface area contributed by atoms with Crippen LogP contribution in [0.2, 0.25) is 0 Å². The Kier molecular flexibility index (Phi) is 6.64. The number of likely N-dealkylation sites (tertiary alicyclic amines) is 1. The van der Waals surface area contributed by atoms with Crippen LogP contribution in [0.1, 0.15) is 45.3 Å². The highest BCUT2D eigenvalue weighted by molar-refractivity contribution is 5.83. The number of hydrogen-bond donors (Lipinski definition) is 2. The van der Waals surface area contributed by atoms with E-state index < -0.39 is 11.5 Å². The smallest absolute Gasteiger partial charge is 0.227 e. The van der Waals surface area contributed by atoms with Crippen LogP contribution < -0.4 is 10.1 Å². The first kappa shape index (κ1) is 20.2. The van der Waals surface area contributed by atoms with Crippen LogP contribution in [-0.4, -0.2) is 48.6 Å². The molecule has 2 atom stereocenters. The Hall–Kier alpha value is -2.08. The van der Waals surface area contributed by atoms with E-state index in [1.807, 2.05) is 20.8 Å². The highest BCUT2D eigenvalue weighted by Crippen LogP contribution is 2.24. The van der Waals surface area contributed by atoms with Crippen molar-refractivity contribution >= 4 is 11.8 Å². The van der Waals surface area contributed by atoms with Gasteiger partial charge in [0.2, 0.25) is 11.8 Å². The molecule has 2 amide bonds. The molecule has 1 aliphatic heterocycles. The van der Waals surface area contributed by atoms with E-state index in [9.17, 15) is 14.7 Å². The Balaban J connectivity index is 1.87. The van der Waals surface area contributed by atoms with E-state index >= 15 is 0 Å². The van der Waals surface area contributed by atoms with Gasteiger partial charge in [0.1, 0.15) is 5.75 Å². The zero-order chi connectivity index (χ0) is 19.3. The first-order valence-electron chi connectivity index (χ1n) is 9.11. The van der Waals surface area contributed by atoms with E-state index in [4.69, 9.17) is 4.74 Å². The Morgan fingerprint density at radius 3 is 2.54 bits per heavy atom. The largest absolute Gasteiger partial charge is 0.497 e. The lowest BCUT2D eigenvalue weighted by Crippen LogP contribution is -2.49. The van der Waals surface area contributed by atoms with Gasteiger partial charge < -0.3 is 20.1 Å². The minimum absolute atomic E-state index is 0.0771. The summed E-state index contributed by atoms with van der Waals surface area (Å²) in [6.45, 7) is 6.97. The molecule has 6 nitrogen and oxygen atoms in total. The number of ether oxygens (including phenoxy) is 1. The summed E-state index contributed by atoms with van der Waals surface area (Å²) in [5, 5.41) is 13.1. The number of rotatable bonds is 5. The number of nitrogens with zero attached hydrogens (tertiary/aromatic N) is 1. The van der Waals surface area contributed by atoms with Crippen molar-refractivity contribution in [1.82, 2.24) is 10.2 Å². The van der Waals surface area contributed by atoms with Crippen LogP contribution in [0.5, 0.6) is 5.75 Å². The first-order valence-corrected chi connectivity index (χ1v) is 9.11. The van der Waals surface area contributed by atoms with Crippen LogP contribution in [0.4, 0.5) is 0 Å². The van der Waals surface area contributed by atoms with Crippen LogP contribution in [0.15, 0.2) is 24.3 Å². The summed E-state index contributed by atoms with van der Waals surface area (Å²) in [5.41, 5.74) is 0.280. The quantitative estimate of drug-likeness (QED) is 0.841. The molecule has 0 spiro atoms. The number of carbonyl (C=O) groups is 2. The first-order chi connectivity index (χ1) is 12.2. The maximum Gasteiger partial charge on any atom is 0.227 e. The third kappa shape index (κ3) is 5.21. The van der Waals surface area contributed by atoms with Crippen LogP contribution >= 0.6 is 0 Å². The topological polar surface area (TPSA) is 78.9 Å². The van der Waals surface area contributed by atoms with E-state index in [2.05, 4.69) is 5.32 Å². The van der Waals surface area contributed by atoms with Gasteiger partial charge in [0.25, 0.3) is 0 Å². The summed E-state index contributed by atoms with van der Waals surface area (Å²) in [6.07, 6.45) is 0.806. The Morgan fingerprint density at radius 1 is 1.31 bits per heavy atom. The lowest BCUT2D eigenvalue weighted by atomic mass is 9.91. The van der Waals surface area contributed by atoms with Gasteiger partial charge in [-0.1, -0.05) is 32.9 Å². The molecule has 26 heavy (non-hydrogen) atoms. The van der Waals surface area contributed by atoms with Crippen molar-refractivity contribution in [3.05, 3.63) is 29.8 Å². The highest BCUT2D eigenvalue weighted by Gasteiger charge is 2.33. The molecule has 6 heteroatoms. The van der Waals surface area contributed by atoms with Crippen molar-refractivity contribution < 1.29 is 19.4 Å². The van der Waals surface area contributed by atoms with E-state index in [0.29, 0.717) is 13.1 Å². The second-order valence-electron chi connectivity index (χ2n) is 7.87. The summed E-state index contributed by atoms with van der Waals surface area (Å²) in [4.78, 5) is 26.7. The fraction of sp³-hybridized carbons (Fsp3) is 0.600. The minimum atomic E-state index is -0.777. The molecule has 2 N–H and O–H groups in total. The zero-order valence-electron chi connectivity index (χ0n) is 16.1. The number of nitrogens with one attached hydrogen (secondary N) is 1. The summed E-state index contributed by atoms with van der Waals surface area (Å²) < 4.78 is 5.10. The van der Waals surface area contributed by atoms with E-state index in [1.165, 1.54) is 0 Å². The summed E-state index contributed by atoms with van der Waals surface area (Å²) in [7, 11) is 1.59. The number of aliphatic hydroxyl groups is 1. The van der Waals surface area contributed by atoms with Crippen molar-refractivity contribution in [3.63, 3.8) is 0 Å². The standard InChI is InChI=1S/C20H30N2O4/c1-20(2,3)19(25)22-11-5-6-15(13-22)18(24)21-12-17(23)14-7-9-16(26-4)10-8-14/h7-10,15,17,23H,5-6,11-13H2,1-4H3,(H,21,24). The monoisotopic (exact) mass is 362 g/mol. The predicted molar refractivity (Wildman–Crippen MR) is 99.7 cm³/mol. The number of amides is 2. The van der Waals surface area contributed by atoms with Gasteiger partial charge in [-0.3, -0.25) is 9.59 Å². The van der Waals surface area contributed by atoms with Gasteiger partial charge in [-0.05, 0) is 30.5 Å². The minimum Gasteiger partial charge on any atom is -0.497 e. The summed E-state index contributed by atoms with van der Waals surface area (Å²) in [6, 6.07) is 7.11. The van der Waals surface area contributed by atoms with E-state index in [0.717, 1.165) is 24.2 Å². The third-order valence-corrected chi connectivity index (χ3v) is 4.69. The number of hydrogen-bond acceptors (Lipinski definition) is 4. The molecule has 1 fully saturated rings. The molecule has 0 aliphatic carbocycles. The SMILES string of the molecule is COc1ccc(C(O)CNC(=O)C2CCCN(C(=O)C(C)(C)C)C2)cc1. The molecule has 1 aliphatic rings. The van der Waals surface area contributed by atoms with Gasteiger partial charge in [-0.15, -0.1) is 0 Å². The summed E-state index contributed by atoms with van der Waals surface area (Å²) in [5.74, 6) is 0.464.